The molecular formula is C22H22N2O3S. The van der Waals surface area contributed by atoms with Crippen molar-refractivity contribution in [1.29, 1.82) is 0 Å². The minimum atomic E-state index is -3.51. The first-order chi connectivity index (χ1) is 13.4. The molecule has 1 saturated carbocycles. The van der Waals surface area contributed by atoms with Crippen LogP contribution in [0.25, 0.3) is 10.8 Å². The molecule has 3 aromatic carbocycles. The highest BCUT2D eigenvalue weighted by Crippen LogP contribution is 2.23. The smallest absolute Gasteiger partial charge is 0.253 e. The maximum absolute atomic E-state index is 12.8. The third-order valence-electron chi connectivity index (χ3n) is 4.94. The summed E-state index contributed by atoms with van der Waals surface area (Å²) >= 11 is 0. The monoisotopic (exact) mass is 394 g/mol. The molecular weight excluding hydrogens is 372 g/mol. The summed E-state index contributed by atoms with van der Waals surface area (Å²) in [6.07, 6.45) is 1.77. The van der Waals surface area contributed by atoms with Crippen LogP contribution in [0.4, 0.5) is 0 Å². The van der Waals surface area contributed by atoms with Gasteiger partial charge in [0.2, 0.25) is 10.0 Å². The molecule has 0 bridgehead atoms. The number of sulfonamides is 1. The summed E-state index contributed by atoms with van der Waals surface area (Å²) in [6, 6.07) is 20.3. The molecule has 0 atom stereocenters. The number of nitrogens with zero attached hydrogens (tertiary/aromatic N) is 1. The van der Waals surface area contributed by atoms with E-state index < -0.39 is 10.0 Å². The van der Waals surface area contributed by atoms with Crippen LogP contribution in [0, 0.1) is 0 Å². The second-order valence-corrected chi connectivity index (χ2v) is 8.93. The van der Waals surface area contributed by atoms with Crippen LogP contribution in [0.1, 0.15) is 28.8 Å². The minimum Gasteiger partial charge on any atom is -0.337 e. The van der Waals surface area contributed by atoms with Gasteiger partial charge in [-0.2, -0.15) is 0 Å². The molecule has 0 heterocycles. The van der Waals surface area contributed by atoms with Gasteiger partial charge in [-0.05, 0) is 53.4 Å². The molecule has 3 aromatic rings. The fourth-order valence-electron chi connectivity index (χ4n) is 3.24. The summed E-state index contributed by atoms with van der Waals surface area (Å²) in [7, 11) is -1.75. The maximum atomic E-state index is 12.8. The van der Waals surface area contributed by atoms with E-state index in [2.05, 4.69) is 22.9 Å². The molecule has 0 unspecified atom stereocenters. The average Bonchev–Trinajstić information content (AvgIpc) is 3.51. The Bertz CT molecular complexity index is 1110. The van der Waals surface area contributed by atoms with Gasteiger partial charge in [0.05, 0.1) is 4.90 Å². The van der Waals surface area contributed by atoms with Crippen LogP contribution in [0.5, 0.6) is 0 Å². The average molecular weight is 394 g/mol. The molecule has 0 aromatic heterocycles. The van der Waals surface area contributed by atoms with Crippen molar-refractivity contribution in [2.45, 2.75) is 30.3 Å². The van der Waals surface area contributed by atoms with E-state index in [4.69, 9.17) is 0 Å². The Morgan fingerprint density at radius 3 is 2.39 bits per heavy atom. The number of benzene rings is 3. The predicted molar refractivity (Wildman–Crippen MR) is 110 cm³/mol. The fraction of sp³-hybridized carbons (Fsp3) is 0.227. The summed E-state index contributed by atoms with van der Waals surface area (Å²) in [5, 5.41) is 2.26. The van der Waals surface area contributed by atoms with Crippen molar-refractivity contribution in [3.8, 4) is 0 Å². The summed E-state index contributed by atoms with van der Waals surface area (Å²) in [6.45, 7) is 0.476. The van der Waals surface area contributed by atoms with E-state index in [0.29, 0.717) is 12.1 Å². The maximum Gasteiger partial charge on any atom is 0.253 e. The van der Waals surface area contributed by atoms with Gasteiger partial charge >= 0.3 is 0 Å². The lowest BCUT2D eigenvalue weighted by Crippen LogP contribution is -2.27. The zero-order valence-corrected chi connectivity index (χ0v) is 16.4. The Morgan fingerprint density at radius 2 is 1.68 bits per heavy atom. The molecule has 1 amide bonds. The van der Waals surface area contributed by atoms with Crippen molar-refractivity contribution in [1.82, 2.24) is 9.62 Å². The molecule has 0 aliphatic heterocycles. The van der Waals surface area contributed by atoms with Crippen LogP contribution in [0.15, 0.2) is 71.6 Å². The first kappa shape index (κ1) is 18.7. The number of hydrogen-bond acceptors (Lipinski definition) is 3. The van der Waals surface area contributed by atoms with Gasteiger partial charge in [0.15, 0.2) is 0 Å². The predicted octanol–water partition coefficient (Wildman–Crippen LogP) is 3.55. The van der Waals surface area contributed by atoms with Gasteiger partial charge in [-0.3, -0.25) is 4.79 Å². The Hall–Kier alpha value is -2.70. The fourth-order valence-corrected chi connectivity index (χ4v) is 4.55. The van der Waals surface area contributed by atoms with Crippen molar-refractivity contribution in [3.63, 3.8) is 0 Å². The molecule has 4 rings (SSSR count). The van der Waals surface area contributed by atoms with Crippen LogP contribution >= 0.6 is 0 Å². The molecule has 1 N–H and O–H groups in total. The Morgan fingerprint density at radius 1 is 1.00 bits per heavy atom. The molecule has 1 fully saturated rings. The number of nitrogens with one attached hydrogen (secondary N) is 1. The molecule has 6 heteroatoms. The number of amides is 1. The molecule has 0 saturated heterocycles. The lowest BCUT2D eigenvalue weighted by atomic mass is 10.0. The summed E-state index contributed by atoms with van der Waals surface area (Å²) < 4.78 is 27.2. The Kier molecular flexibility index (Phi) is 4.91. The normalized spacial score (nSPS) is 14.2. The lowest BCUT2D eigenvalue weighted by molar-refractivity contribution is 0.0785. The third-order valence-corrected chi connectivity index (χ3v) is 6.48. The second kappa shape index (κ2) is 7.37. The first-order valence-electron chi connectivity index (χ1n) is 9.28. The van der Waals surface area contributed by atoms with Crippen molar-refractivity contribution in [2.24, 2.45) is 0 Å². The van der Waals surface area contributed by atoms with Crippen molar-refractivity contribution < 1.29 is 13.2 Å². The molecule has 0 radical (unpaired) electrons. The standard InChI is InChI=1S/C22H22N2O3S/c1-24(15-18-7-4-6-16-5-2-3-8-21(16)18)22(25)17-9-13-20(14-10-17)28(26,27)23-19-11-12-19/h2-10,13-14,19,23H,11-12,15H2,1H3. The highest BCUT2D eigenvalue weighted by atomic mass is 32.2. The number of carbonyl (C=O) groups is 1. The SMILES string of the molecule is CN(Cc1cccc2ccccc12)C(=O)c1ccc(S(=O)(=O)NC2CC2)cc1. The zero-order valence-electron chi connectivity index (χ0n) is 15.6. The van der Waals surface area contributed by atoms with Crippen LogP contribution in [0.2, 0.25) is 0 Å². The van der Waals surface area contributed by atoms with E-state index in [0.717, 1.165) is 29.2 Å². The number of rotatable bonds is 6. The Labute approximate surface area is 165 Å². The number of fused-ring (bicyclic) bond motifs is 1. The molecule has 5 nitrogen and oxygen atoms in total. The van der Waals surface area contributed by atoms with Crippen molar-refractivity contribution in [3.05, 3.63) is 77.9 Å². The molecule has 1 aliphatic carbocycles. The highest BCUT2D eigenvalue weighted by Gasteiger charge is 2.28. The molecule has 28 heavy (non-hydrogen) atoms. The van der Waals surface area contributed by atoms with Crippen molar-refractivity contribution >= 4 is 26.7 Å². The van der Waals surface area contributed by atoms with E-state index in [1.54, 1.807) is 24.1 Å². The molecule has 144 valence electrons. The van der Waals surface area contributed by atoms with E-state index in [1.807, 2.05) is 24.3 Å². The van der Waals surface area contributed by atoms with Gasteiger partial charge in [0.1, 0.15) is 0 Å². The highest BCUT2D eigenvalue weighted by molar-refractivity contribution is 7.89. The number of carbonyl (C=O) groups excluding carboxylic acids is 1. The summed E-state index contributed by atoms with van der Waals surface area (Å²) in [5.74, 6) is -0.146. The van der Waals surface area contributed by atoms with Gasteiger partial charge in [-0.25, -0.2) is 13.1 Å². The van der Waals surface area contributed by atoms with Gasteiger partial charge in [0, 0.05) is 25.2 Å². The van der Waals surface area contributed by atoms with Gasteiger partial charge in [-0.15, -0.1) is 0 Å². The van der Waals surface area contributed by atoms with Crippen LogP contribution in [-0.4, -0.2) is 32.3 Å². The topological polar surface area (TPSA) is 66.5 Å². The van der Waals surface area contributed by atoms with E-state index in [-0.39, 0.29) is 16.8 Å². The molecule has 0 spiro atoms. The van der Waals surface area contributed by atoms with Gasteiger partial charge in [-0.1, -0.05) is 42.5 Å². The van der Waals surface area contributed by atoms with Gasteiger partial charge in [0.25, 0.3) is 5.91 Å². The zero-order chi connectivity index (χ0) is 19.7. The lowest BCUT2D eigenvalue weighted by Gasteiger charge is -2.19. The minimum absolute atomic E-state index is 0.0538. The van der Waals surface area contributed by atoms with Crippen molar-refractivity contribution in [2.75, 3.05) is 7.05 Å². The summed E-state index contributed by atoms with van der Waals surface area (Å²) in [4.78, 5) is 14.6. The summed E-state index contributed by atoms with van der Waals surface area (Å²) in [5.41, 5.74) is 1.54. The number of hydrogen-bond donors (Lipinski definition) is 1. The van der Waals surface area contributed by atoms with Crippen LogP contribution < -0.4 is 4.72 Å². The van der Waals surface area contributed by atoms with E-state index in [1.165, 1.54) is 12.1 Å². The second-order valence-electron chi connectivity index (χ2n) is 7.22. The van der Waals surface area contributed by atoms with Crippen LogP contribution in [0.3, 0.4) is 0 Å². The Balaban J connectivity index is 1.50. The molecule has 1 aliphatic rings. The quantitative estimate of drug-likeness (QED) is 0.695. The van der Waals surface area contributed by atoms with E-state index >= 15 is 0 Å². The van der Waals surface area contributed by atoms with Crippen LogP contribution in [-0.2, 0) is 16.6 Å². The van der Waals surface area contributed by atoms with Gasteiger partial charge < -0.3 is 4.90 Å². The third kappa shape index (κ3) is 3.93. The largest absolute Gasteiger partial charge is 0.337 e. The first-order valence-corrected chi connectivity index (χ1v) is 10.8. The van der Waals surface area contributed by atoms with E-state index in [9.17, 15) is 13.2 Å².